The Balaban J connectivity index is 1.47. The minimum atomic E-state index is -4.16. The van der Waals surface area contributed by atoms with Gasteiger partial charge in [0.05, 0.1) is 6.10 Å². The number of nitrogens with zero attached hydrogens (tertiary/aromatic N) is 1. The maximum absolute atomic E-state index is 13.5. The molecule has 0 bridgehead atoms. The van der Waals surface area contributed by atoms with E-state index in [9.17, 15) is 18.3 Å². The van der Waals surface area contributed by atoms with E-state index in [0.29, 0.717) is 44.3 Å². The molecule has 1 saturated carbocycles. The van der Waals surface area contributed by atoms with Crippen molar-refractivity contribution in [2.75, 3.05) is 26.2 Å². The van der Waals surface area contributed by atoms with Crippen molar-refractivity contribution in [3.8, 4) is 11.5 Å². The lowest BCUT2D eigenvalue weighted by atomic mass is 9.83. The average Bonchev–Trinajstić information content (AvgIpc) is 2.67. The highest BCUT2D eigenvalue weighted by Gasteiger charge is 2.43. The first kappa shape index (κ1) is 21.2. The van der Waals surface area contributed by atoms with Gasteiger partial charge in [-0.25, -0.2) is 0 Å². The van der Waals surface area contributed by atoms with Crippen LogP contribution in [-0.2, 0) is 0 Å². The summed E-state index contributed by atoms with van der Waals surface area (Å²) in [4.78, 5) is 1.59. The second kappa shape index (κ2) is 9.35. The monoisotopic (exact) mass is 400 g/mol. The molecule has 0 radical (unpaired) electrons. The van der Waals surface area contributed by atoms with Gasteiger partial charge in [-0.2, -0.15) is 13.2 Å². The Morgan fingerprint density at radius 3 is 2.50 bits per heavy atom. The van der Waals surface area contributed by atoms with Crippen LogP contribution in [0.4, 0.5) is 13.2 Å². The molecule has 2 aliphatic rings. The lowest BCUT2D eigenvalue weighted by Gasteiger charge is -2.37. The van der Waals surface area contributed by atoms with Crippen LogP contribution in [0.25, 0.3) is 0 Å². The van der Waals surface area contributed by atoms with Crippen LogP contribution in [0.1, 0.15) is 44.1 Å². The van der Waals surface area contributed by atoms with Crippen molar-refractivity contribution in [2.24, 2.45) is 5.92 Å². The van der Waals surface area contributed by atoms with Gasteiger partial charge in [-0.3, -0.25) is 4.90 Å². The molecule has 1 aliphatic carbocycles. The third kappa shape index (κ3) is 5.54. The van der Waals surface area contributed by atoms with Crippen LogP contribution in [0.5, 0.6) is 11.5 Å². The summed E-state index contributed by atoms with van der Waals surface area (Å²) >= 11 is 0. The molecule has 1 saturated heterocycles. The lowest BCUT2D eigenvalue weighted by molar-refractivity contribution is -0.187. The maximum atomic E-state index is 13.5. The molecule has 1 aromatic rings. The van der Waals surface area contributed by atoms with Gasteiger partial charge in [-0.15, -0.1) is 0 Å². The number of halogens is 3. The number of piperazine rings is 1. The molecule has 2 N–H and O–H groups in total. The summed E-state index contributed by atoms with van der Waals surface area (Å²) in [6, 6.07) is 3.92. The first-order valence-corrected chi connectivity index (χ1v) is 10.3. The average molecular weight is 400 g/mol. The van der Waals surface area contributed by atoms with Crippen LogP contribution < -0.4 is 10.1 Å². The summed E-state index contributed by atoms with van der Waals surface area (Å²) in [5.74, 6) is 1.24. The third-order valence-corrected chi connectivity index (χ3v) is 6.16. The van der Waals surface area contributed by atoms with E-state index in [-0.39, 0.29) is 18.3 Å². The Hall–Kier alpha value is -1.47. The number of aromatic hydroxyl groups is 1. The second-order valence-corrected chi connectivity index (χ2v) is 8.08. The number of hydrogen-bond acceptors (Lipinski definition) is 4. The molecule has 3 rings (SSSR count). The van der Waals surface area contributed by atoms with Crippen molar-refractivity contribution in [3.63, 3.8) is 0 Å². The highest BCUT2D eigenvalue weighted by atomic mass is 19.4. The molecule has 0 spiro atoms. The highest BCUT2D eigenvalue weighted by molar-refractivity contribution is 5.42. The fourth-order valence-corrected chi connectivity index (χ4v) is 4.39. The van der Waals surface area contributed by atoms with Crippen molar-refractivity contribution in [3.05, 3.63) is 23.8 Å². The van der Waals surface area contributed by atoms with Gasteiger partial charge in [0.25, 0.3) is 0 Å². The van der Waals surface area contributed by atoms with Gasteiger partial charge in [-0.05, 0) is 63.5 Å². The Kier molecular flexibility index (Phi) is 7.10. The van der Waals surface area contributed by atoms with Gasteiger partial charge in [0.2, 0.25) is 0 Å². The SMILES string of the molecule is Cc1c(O)cccc1OC1CCC(CC[C@H](N2CCNCC2)C(F)(F)F)CC1. The van der Waals surface area contributed by atoms with Crippen LogP contribution in [-0.4, -0.2) is 54.5 Å². The number of benzene rings is 1. The summed E-state index contributed by atoms with van der Waals surface area (Å²) in [5, 5.41) is 12.9. The zero-order valence-corrected chi connectivity index (χ0v) is 16.5. The fourth-order valence-electron chi connectivity index (χ4n) is 4.39. The van der Waals surface area contributed by atoms with Crippen molar-refractivity contribution in [1.82, 2.24) is 10.2 Å². The molecule has 2 fully saturated rings. The minimum Gasteiger partial charge on any atom is -0.508 e. The molecular weight excluding hydrogens is 369 g/mol. The van der Waals surface area contributed by atoms with Gasteiger partial charge in [0.15, 0.2) is 0 Å². The first-order chi connectivity index (χ1) is 13.3. The van der Waals surface area contributed by atoms with Crippen LogP contribution in [0.3, 0.4) is 0 Å². The van der Waals surface area contributed by atoms with E-state index in [1.807, 2.05) is 13.0 Å². The molecule has 1 heterocycles. The number of ether oxygens (including phenoxy) is 1. The molecular formula is C21H31F3N2O2. The highest BCUT2D eigenvalue weighted by Crippen LogP contribution is 2.35. The van der Waals surface area contributed by atoms with Crippen molar-refractivity contribution < 1.29 is 23.0 Å². The molecule has 28 heavy (non-hydrogen) atoms. The van der Waals surface area contributed by atoms with Crippen LogP contribution in [0, 0.1) is 12.8 Å². The topological polar surface area (TPSA) is 44.7 Å². The number of phenolic OH excluding ortho intramolecular Hbond substituents is 1. The van der Waals surface area contributed by atoms with E-state index in [1.54, 1.807) is 17.0 Å². The number of hydrogen-bond donors (Lipinski definition) is 2. The van der Waals surface area contributed by atoms with E-state index >= 15 is 0 Å². The smallest absolute Gasteiger partial charge is 0.404 e. The summed E-state index contributed by atoms with van der Waals surface area (Å²) in [6.07, 6.45) is 0.211. The van der Waals surface area contributed by atoms with Crippen LogP contribution in [0.2, 0.25) is 0 Å². The molecule has 1 atom stereocenters. The first-order valence-electron chi connectivity index (χ1n) is 10.3. The summed E-state index contributed by atoms with van der Waals surface area (Å²) in [7, 11) is 0. The van der Waals surface area contributed by atoms with Gasteiger partial charge in [0.1, 0.15) is 17.5 Å². The number of alkyl halides is 3. The quantitative estimate of drug-likeness (QED) is 0.749. The zero-order chi connectivity index (χ0) is 20.1. The van der Waals surface area contributed by atoms with E-state index in [1.165, 1.54) is 0 Å². The molecule has 158 valence electrons. The van der Waals surface area contributed by atoms with Gasteiger partial charge in [0, 0.05) is 31.7 Å². The summed E-state index contributed by atoms with van der Waals surface area (Å²) in [5.41, 5.74) is 0.730. The van der Waals surface area contributed by atoms with Crippen LogP contribution in [0.15, 0.2) is 18.2 Å². The molecule has 0 amide bonds. The van der Waals surface area contributed by atoms with E-state index < -0.39 is 12.2 Å². The molecule has 1 aromatic carbocycles. The minimum absolute atomic E-state index is 0.0725. The summed E-state index contributed by atoms with van der Waals surface area (Å²) in [6.45, 7) is 4.01. The normalized spacial score (nSPS) is 25.4. The van der Waals surface area contributed by atoms with Gasteiger partial charge in [-0.1, -0.05) is 6.07 Å². The lowest BCUT2D eigenvalue weighted by Crippen LogP contribution is -2.53. The van der Waals surface area contributed by atoms with Crippen molar-refractivity contribution in [1.29, 1.82) is 0 Å². The molecule has 0 unspecified atom stereocenters. The predicted molar refractivity (Wildman–Crippen MR) is 103 cm³/mol. The van der Waals surface area contributed by atoms with E-state index in [4.69, 9.17) is 4.74 Å². The number of nitrogens with one attached hydrogen (secondary N) is 1. The predicted octanol–water partition coefficient (Wildman–Crippen LogP) is 4.25. The molecule has 7 heteroatoms. The van der Waals surface area contributed by atoms with Gasteiger partial charge >= 0.3 is 6.18 Å². The van der Waals surface area contributed by atoms with Crippen molar-refractivity contribution >= 4 is 0 Å². The molecule has 1 aliphatic heterocycles. The zero-order valence-electron chi connectivity index (χ0n) is 16.5. The second-order valence-electron chi connectivity index (χ2n) is 8.08. The number of rotatable bonds is 6. The molecule has 4 nitrogen and oxygen atoms in total. The van der Waals surface area contributed by atoms with Crippen molar-refractivity contribution in [2.45, 2.75) is 63.8 Å². The van der Waals surface area contributed by atoms with Gasteiger partial charge < -0.3 is 15.2 Å². The molecule has 0 aromatic heterocycles. The Morgan fingerprint density at radius 2 is 1.86 bits per heavy atom. The Bertz CT molecular complexity index is 625. The Morgan fingerprint density at radius 1 is 1.18 bits per heavy atom. The third-order valence-electron chi connectivity index (χ3n) is 6.16. The Labute approximate surface area is 165 Å². The standard InChI is InChI=1S/C21H31F3N2O2/c1-15-18(27)3-2-4-19(15)28-17-8-5-16(6-9-17)7-10-20(21(22,23)24)26-13-11-25-12-14-26/h2-4,16-17,20,25,27H,5-14H2,1H3/t16?,17?,20-/m0/s1. The summed E-state index contributed by atoms with van der Waals surface area (Å²) < 4.78 is 46.6. The maximum Gasteiger partial charge on any atom is 0.404 e. The van der Waals surface area contributed by atoms with E-state index in [0.717, 1.165) is 31.2 Å². The fraction of sp³-hybridized carbons (Fsp3) is 0.714. The number of phenols is 1. The van der Waals surface area contributed by atoms with Crippen LogP contribution >= 0.6 is 0 Å². The largest absolute Gasteiger partial charge is 0.508 e. The van der Waals surface area contributed by atoms with E-state index in [2.05, 4.69) is 5.32 Å².